The van der Waals surface area contributed by atoms with Gasteiger partial charge >= 0.3 is 0 Å². The highest BCUT2D eigenvalue weighted by molar-refractivity contribution is 6.30. The Hall–Kier alpha value is -2.79. The van der Waals surface area contributed by atoms with Crippen LogP contribution < -0.4 is 10.1 Å². The summed E-state index contributed by atoms with van der Waals surface area (Å²) in [6, 6.07) is 14.6. The van der Waals surface area contributed by atoms with Crippen molar-refractivity contribution in [3.63, 3.8) is 0 Å². The Morgan fingerprint density at radius 1 is 1.12 bits per heavy atom. The number of hydrogen-bond donors (Lipinski definition) is 1. The van der Waals surface area contributed by atoms with E-state index in [0.29, 0.717) is 23.7 Å². The second-order valence-corrected chi connectivity index (χ2v) is 5.93. The minimum atomic E-state index is -0.117. The topological polar surface area (TPSA) is 56.1 Å². The molecule has 1 heterocycles. The number of carbonyl (C=O) groups is 1. The summed E-state index contributed by atoms with van der Waals surface area (Å²) in [4.78, 5) is 16.1. The van der Waals surface area contributed by atoms with Crippen LogP contribution in [0.1, 0.15) is 15.9 Å². The van der Waals surface area contributed by atoms with Crippen LogP contribution in [-0.2, 0) is 6.54 Å². The third-order valence-corrected chi connectivity index (χ3v) is 3.86. The normalized spacial score (nSPS) is 10.4. The molecule has 0 aliphatic carbocycles. The van der Waals surface area contributed by atoms with Crippen molar-refractivity contribution in [2.75, 3.05) is 13.2 Å². The van der Waals surface area contributed by atoms with E-state index in [2.05, 4.69) is 10.3 Å². The molecule has 5 nitrogen and oxygen atoms in total. The number of nitrogens with zero attached hydrogens (tertiary/aromatic N) is 2. The lowest BCUT2D eigenvalue weighted by Crippen LogP contribution is -2.28. The van der Waals surface area contributed by atoms with Gasteiger partial charge in [-0.3, -0.25) is 4.79 Å². The maximum Gasteiger partial charge on any atom is 0.251 e. The molecule has 3 aromatic rings. The molecule has 0 radical (unpaired) electrons. The molecule has 0 aliphatic rings. The van der Waals surface area contributed by atoms with Gasteiger partial charge in [0.1, 0.15) is 12.4 Å². The molecular weight excluding hydrogens is 338 g/mol. The molecule has 0 unspecified atom stereocenters. The van der Waals surface area contributed by atoms with Crippen molar-refractivity contribution in [3.8, 4) is 5.75 Å². The molecule has 1 aromatic heterocycles. The number of carbonyl (C=O) groups excluding carboxylic acids is 1. The predicted octanol–water partition coefficient (Wildman–Crippen LogP) is 3.39. The molecule has 25 heavy (non-hydrogen) atoms. The molecule has 0 bridgehead atoms. The first-order valence-electron chi connectivity index (χ1n) is 7.92. The third kappa shape index (κ3) is 5.09. The van der Waals surface area contributed by atoms with Crippen molar-refractivity contribution in [1.82, 2.24) is 14.9 Å². The number of halogens is 1. The van der Waals surface area contributed by atoms with Crippen LogP contribution in [0, 0.1) is 0 Å². The number of benzene rings is 2. The zero-order chi connectivity index (χ0) is 17.5. The van der Waals surface area contributed by atoms with Crippen LogP contribution in [-0.4, -0.2) is 28.6 Å². The van der Waals surface area contributed by atoms with E-state index in [1.807, 2.05) is 35.0 Å². The molecule has 0 saturated carbocycles. The molecule has 0 aliphatic heterocycles. The van der Waals surface area contributed by atoms with Crippen molar-refractivity contribution in [1.29, 1.82) is 0 Å². The van der Waals surface area contributed by atoms with Gasteiger partial charge in [-0.15, -0.1) is 0 Å². The number of ether oxygens (including phenoxy) is 1. The highest BCUT2D eigenvalue weighted by Crippen LogP contribution is 2.15. The fourth-order valence-corrected chi connectivity index (χ4v) is 2.44. The molecule has 0 fully saturated rings. The fourth-order valence-electron chi connectivity index (χ4n) is 2.32. The largest absolute Gasteiger partial charge is 0.492 e. The van der Waals surface area contributed by atoms with E-state index in [4.69, 9.17) is 16.3 Å². The maximum absolute atomic E-state index is 12.1. The van der Waals surface area contributed by atoms with E-state index in [9.17, 15) is 4.79 Å². The first-order valence-corrected chi connectivity index (χ1v) is 8.30. The molecule has 128 valence electrons. The summed E-state index contributed by atoms with van der Waals surface area (Å²) in [5, 5.41) is 3.50. The van der Waals surface area contributed by atoms with Crippen LogP contribution in [0.4, 0.5) is 0 Å². The van der Waals surface area contributed by atoms with Crippen LogP contribution >= 0.6 is 11.6 Å². The standard InChI is InChI=1S/C19H18ClN3O2/c20-17-5-7-18(8-6-17)25-12-10-22-19(24)16-3-1-15(2-4-16)13-23-11-9-21-14-23/h1-9,11,14H,10,12-13H2,(H,22,24). The summed E-state index contributed by atoms with van der Waals surface area (Å²) < 4.78 is 7.52. The quantitative estimate of drug-likeness (QED) is 0.661. The summed E-state index contributed by atoms with van der Waals surface area (Å²) in [7, 11) is 0. The fraction of sp³-hybridized carbons (Fsp3) is 0.158. The Balaban J connectivity index is 1.44. The van der Waals surface area contributed by atoms with Gasteiger partial charge < -0.3 is 14.6 Å². The predicted molar refractivity (Wildman–Crippen MR) is 97.1 cm³/mol. The number of nitrogens with one attached hydrogen (secondary N) is 1. The van der Waals surface area contributed by atoms with E-state index in [0.717, 1.165) is 17.9 Å². The monoisotopic (exact) mass is 355 g/mol. The first kappa shape index (κ1) is 17.0. The highest BCUT2D eigenvalue weighted by atomic mass is 35.5. The average Bonchev–Trinajstić information content (AvgIpc) is 3.14. The minimum Gasteiger partial charge on any atom is -0.492 e. The molecule has 0 saturated heterocycles. The molecule has 3 rings (SSSR count). The first-order chi connectivity index (χ1) is 12.2. The van der Waals surface area contributed by atoms with Crippen LogP contribution in [0.2, 0.25) is 5.02 Å². The van der Waals surface area contributed by atoms with Crippen LogP contribution in [0.5, 0.6) is 5.75 Å². The van der Waals surface area contributed by atoms with Gasteiger partial charge in [-0.1, -0.05) is 23.7 Å². The van der Waals surface area contributed by atoms with Crippen LogP contribution in [0.25, 0.3) is 0 Å². The average molecular weight is 356 g/mol. The van der Waals surface area contributed by atoms with Gasteiger partial charge in [-0.05, 0) is 42.0 Å². The molecule has 1 amide bonds. The second-order valence-electron chi connectivity index (χ2n) is 5.49. The zero-order valence-corrected chi connectivity index (χ0v) is 14.3. The number of aromatic nitrogens is 2. The maximum atomic E-state index is 12.1. The number of amides is 1. The summed E-state index contributed by atoms with van der Waals surface area (Å²) >= 11 is 5.82. The molecule has 1 N–H and O–H groups in total. The Morgan fingerprint density at radius 3 is 2.56 bits per heavy atom. The summed E-state index contributed by atoms with van der Waals surface area (Å²) in [6.45, 7) is 1.56. The van der Waals surface area contributed by atoms with E-state index in [-0.39, 0.29) is 5.91 Å². The van der Waals surface area contributed by atoms with Gasteiger partial charge in [0, 0.05) is 29.5 Å². The number of rotatable bonds is 7. The Labute approximate surface area is 151 Å². The smallest absolute Gasteiger partial charge is 0.251 e. The van der Waals surface area contributed by atoms with Gasteiger partial charge in [0.05, 0.1) is 12.9 Å². The van der Waals surface area contributed by atoms with E-state index in [1.54, 1.807) is 36.8 Å². The van der Waals surface area contributed by atoms with Crippen molar-refractivity contribution >= 4 is 17.5 Å². The van der Waals surface area contributed by atoms with Crippen molar-refractivity contribution in [2.45, 2.75) is 6.54 Å². The molecule has 0 spiro atoms. The molecule has 0 atom stereocenters. The lowest BCUT2D eigenvalue weighted by atomic mass is 10.1. The summed E-state index contributed by atoms with van der Waals surface area (Å²) in [6.07, 6.45) is 5.41. The van der Waals surface area contributed by atoms with Gasteiger partial charge in [0.2, 0.25) is 0 Å². The number of hydrogen-bond acceptors (Lipinski definition) is 3. The number of imidazole rings is 1. The van der Waals surface area contributed by atoms with Crippen LogP contribution in [0.15, 0.2) is 67.3 Å². The van der Waals surface area contributed by atoms with E-state index in [1.165, 1.54) is 0 Å². The Morgan fingerprint density at radius 2 is 1.88 bits per heavy atom. The zero-order valence-electron chi connectivity index (χ0n) is 13.6. The van der Waals surface area contributed by atoms with Gasteiger partial charge in [0.25, 0.3) is 5.91 Å². The SMILES string of the molecule is O=C(NCCOc1ccc(Cl)cc1)c1ccc(Cn2ccnc2)cc1. The lowest BCUT2D eigenvalue weighted by molar-refractivity contribution is 0.0947. The summed E-state index contributed by atoms with van der Waals surface area (Å²) in [5.41, 5.74) is 1.74. The minimum absolute atomic E-state index is 0.117. The van der Waals surface area contributed by atoms with Gasteiger partial charge in [0.15, 0.2) is 0 Å². The lowest BCUT2D eigenvalue weighted by Gasteiger charge is -2.08. The molecule has 6 heteroatoms. The molecule has 2 aromatic carbocycles. The van der Waals surface area contributed by atoms with E-state index >= 15 is 0 Å². The van der Waals surface area contributed by atoms with Crippen LogP contribution in [0.3, 0.4) is 0 Å². The van der Waals surface area contributed by atoms with Crippen molar-refractivity contribution in [2.24, 2.45) is 0 Å². The van der Waals surface area contributed by atoms with Crippen molar-refractivity contribution < 1.29 is 9.53 Å². The third-order valence-electron chi connectivity index (χ3n) is 3.61. The van der Waals surface area contributed by atoms with Crippen molar-refractivity contribution in [3.05, 3.63) is 83.4 Å². The Kier molecular flexibility index (Phi) is 5.69. The van der Waals surface area contributed by atoms with Gasteiger partial charge in [-0.25, -0.2) is 4.98 Å². The van der Waals surface area contributed by atoms with E-state index < -0.39 is 0 Å². The Bertz CT molecular complexity index is 800. The summed E-state index contributed by atoms with van der Waals surface area (Å²) in [5.74, 6) is 0.608. The van der Waals surface area contributed by atoms with Gasteiger partial charge in [-0.2, -0.15) is 0 Å². The highest BCUT2D eigenvalue weighted by Gasteiger charge is 2.05. The second kappa shape index (κ2) is 8.35. The molecular formula is C19H18ClN3O2.